The van der Waals surface area contributed by atoms with Crippen molar-refractivity contribution in [2.45, 2.75) is 18.6 Å². The second-order valence-corrected chi connectivity index (χ2v) is 8.09. The van der Waals surface area contributed by atoms with E-state index in [0.717, 1.165) is 30.2 Å². The van der Waals surface area contributed by atoms with E-state index in [4.69, 9.17) is 4.99 Å². The summed E-state index contributed by atoms with van der Waals surface area (Å²) in [7, 11) is 0. The molecule has 0 aliphatic carbocycles. The van der Waals surface area contributed by atoms with E-state index in [1.54, 1.807) is 22.7 Å². The minimum absolute atomic E-state index is 0.0735. The fourth-order valence-corrected chi connectivity index (χ4v) is 4.86. The van der Waals surface area contributed by atoms with Gasteiger partial charge in [-0.25, -0.2) is 4.98 Å². The fourth-order valence-electron chi connectivity index (χ4n) is 3.43. The number of likely N-dealkylation sites (tertiary alicyclic amines) is 1. The molecule has 6 heteroatoms. The minimum atomic E-state index is 0.0735. The number of nitrogens with zero attached hydrogens (tertiary/aromatic N) is 3. The number of thiophene rings is 2. The van der Waals surface area contributed by atoms with Crippen LogP contribution in [0, 0.1) is 0 Å². The molecule has 2 aliphatic heterocycles. The average Bonchev–Trinajstić information content (AvgIpc) is 3.26. The summed E-state index contributed by atoms with van der Waals surface area (Å²) < 4.78 is 0. The van der Waals surface area contributed by atoms with Gasteiger partial charge in [0.15, 0.2) is 0 Å². The summed E-state index contributed by atoms with van der Waals surface area (Å²) in [5.41, 5.74) is 3.30. The lowest BCUT2D eigenvalue weighted by molar-refractivity contribution is 0.118. The molecule has 0 spiro atoms. The fraction of sp³-hybridized carbons (Fsp3) is 0.263. The highest BCUT2D eigenvalue weighted by Gasteiger charge is 2.36. The Morgan fingerprint density at radius 3 is 2.80 bits per heavy atom. The SMILES string of the molecule is c1csc(C2N=C(c3ccsc3)c3cccnc3NC2N2CCC2)c1. The van der Waals surface area contributed by atoms with Crippen molar-refractivity contribution in [3.8, 4) is 0 Å². The van der Waals surface area contributed by atoms with E-state index >= 15 is 0 Å². The number of rotatable bonds is 3. The van der Waals surface area contributed by atoms with Crippen LogP contribution in [0.15, 0.2) is 57.7 Å². The minimum Gasteiger partial charge on any atom is -0.352 e. The maximum atomic E-state index is 5.28. The van der Waals surface area contributed by atoms with Gasteiger partial charge in [0.25, 0.3) is 0 Å². The first kappa shape index (κ1) is 15.3. The molecule has 1 fully saturated rings. The Balaban J connectivity index is 1.69. The van der Waals surface area contributed by atoms with E-state index in [2.05, 4.69) is 55.6 Å². The maximum absolute atomic E-state index is 5.28. The van der Waals surface area contributed by atoms with E-state index in [0.29, 0.717) is 0 Å². The summed E-state index contributed by atoms with van der Waals surface area (Å²) in [6.45, 7) is 2.23. The molecule has 0 radical (unpaired) electrons. The lowest BCUT2D eigenvalue weighted by Crippen LogP contribution is -2.51. The number of aromatic nitrogens is 1. The Bertz CT molecular complexity index is 882. The molecule has 0 saturated carbocycles. The van der Waals surface area contributed by atoms with Crippen LogP contribution in [0.25, 0.3) is 0 Å². The van der Waals surface area contributed by atoms with Gasteiger partial charge in [-0.1, -0.05) is 6.07 Å². The van der Waals surface area contributed by atoms with Crippen molar-refractivity contribution in [1.29, 1.82) is 0 Å². The van der Waals surface area contributed by atoms with Gasteiger partial charge in [0.05, 0.1) is 5.71 Å². The van der Waals surface area contributed by atoms with Crippen molar-refractivity contribution in [2.75, 3.05) is 18.4 Å². The molecule has 2 aliphatic rings. The quantitative estimate of drug-likeness (QED) is 0.754. The van der Waals surface area contributed by atoms with Crippen LogP contribution in [0.4, 0.5) is 5.82 Å². The molecule has 4 nitrogen and oxygen atoms in total. The Kier molecular flexibility index (Phi) is 3.88. The topological polar surface area (TPSA) is 40.5 Å². The first-order valence-electron chi connectivity index (χ1n) is 8.50. The van der Waals surface area contributed by atoms with Gasteiger partial charge in [-0.05, 0) is 41.4 Å². The summed E-state index contributed by atoms with van der Waals surface area (Å²) in [4.78, 5) is 13.7. The molecule has 0 aromatic carbocycles. The van der Waals surface area contributed by atoms with Gasteiger partial charge >= 0.3 is 0 Å². The third-order valence-electron chi connectivity index (χ3n) is 4.83. The van der Waals surface area contributed by atoms with Gasteiger partial charge in [-0.2, -0.15) is 11.3 Å². The van der Waals surface area contributed by atoms with E-state index in [1.807, 2.05) is 12.3 Å². The molecule has 2 atom stereocenters. The zero-order chi connectivity index (χ0) is 16.6. The molecule has 0 bridgehead atoms. The maximum Gasteiger partial charge on any atom is 0.136 e. The summed E-state index contributed by atoms with van der Waals surface area (Å²) in [6.07, 6.45) is 3.26. The van der Waals surface area contributed by atoms with Crippen molar-refractivity contribution in [1.82, 2.24) is 9.88 Å². The van der Waals surface area contributed by atoms with Crippen molar-refractivity contribution in [2.24, 2.45) is 4.99 Å². The largest absolute Gasteiger partial charge is 0.352 e. The number of nitrogens with one attached hydrogen (secondary N) is 1. The predicted octanol–water partition coefficient (Wildman–Crippen LogP) is 4.24. The summed E-state index contributed by atoms with van der Waals surface area (Å²) >= 11 is 3.49. The molecule has 126 valence electrons. The third kappa shape index (κ3) is 2.70. The van der Waals surface area contributed by atoms with Crippen LogP contribution in [-0.2, 0) is 0 Å². The molecule has 3 aromatic heterocycles. The Labute approximate surface area is 154 Å². The van der Waals surface area contributed by atoms with Gasteiger partial charge in [0.2, 0.25) is 0 Å². The molecule has 0 amide bonds. The van der Waals surface area contributed by atoms with Crippen LogP contribution >= 0.6 is 22.7 Å². The van der Waals surface area contributed by atoms with Crippen LogP contribution < -0.4 is 5.32 Å². The second kappa shape index (κ2) is 6.37. The lowest BCUT2D eigenvalue weighted by atomic mass is 10.1. The van der Waals surface area contributed by atoms with Crippen LogP contribution in [0.1, 0.15) is 28.5 Å². The van der Waals surface area contributed by atoms with Gasteiger partial charge in [0, 0.05) is 40.7 Å². The van der Waals surface area contributed by atoms with Crippen LogP contribution in [-0.4, -0.2) is 34.9 Å². The Morgan fingerprint density at radius 2 is 2.08 bits per heavy atom. The molecule has 2 unspecified atom stereocenters. The molecule has 25 heavy (non-hydrogen) atoms. The number of pyridine rings is 1. The first-order chi connectivity index (χ1) is 12.4. The standard InChI is InChI=1S/C19H18N4S2/c1-4-14-16(13-6-11-24-12-13)21-17(15-5-2-10-25-15)19(23-8-3-9-23)22-18(14)20-7-1/h1-2,4-7,10-12,17,19H,3,8-9H2,(H,20,22). The van der Waals surface area contributed by atoms with Crippen LogP contribution in [0.3, 0.4) is 0 Å². The van der Waals surface area contributed by atoms with Gasteiger partial charge in [-0.3, -0.25) is 9.89 Å². The summed E-state index contributed by atoms with van der Waals surface area (Å²) in [5, 5.41) is 10.1. The van der Waals surface area contributed by atoms with E-state index in [-0.39, 0.29) is 12.2 Å². The van der Waals surface area contributed by atoms with E-state index in [9.17, 15) is 0 Å². The number of anilines is 1. The molecule has 3 aromatic rings. The number of hydrogen-bond acceptors (Lipinski definition) is 6. The molecular formula is C19H18N4S2. The van der Waals surface area contributed by atoms with Gasteiger partial charge in [0.1, 0.15) is 18.0 Å². The number of aliphatic imine (C=N–C) groups is 1. The predicted molar refractivity (Wildman–Crippen MR) is 105 cm³/mol. The highest BCUT2D eigenvalue weighted by molar-refractivity contribution is 7.10. The molecular weight excluding hydrogens is 348 g/mol. The summed E-state index contributed by atoms with van der Waals surface area (Å²) in [5.74, 6) is 0.934. The molecule has 5 rings (SSSR count). The average molecular weight is 367 g/mol. The van der Waals surface area contributed by atoms with E-state index < -0.39 is 0 Å². The summed E-state index contributed by atoms with van der Waals surface area (Å²) in [6, 6.07) is 10.6. The van der Waals surface area contributed by atoms with Crippen LogP contribution in [0.5, 0.6) is 0 Å². The molecule has 5 heterocycles. The monoisotopic (exact) mass is 366 g/mol. The highest BCUT2D eigenvalue weighted by Crippen LogP contribution is 2.36. The molecule has 1 saturated heterocycles. The lowest BCUT2D eigenvalue weighted by Gasteiger charge is -2.40. The zero-order valence-electron chi connectivity index (χ0n) is 13.6. The van der Waals surface area contributed by atoms with Crippen molar-refractivity contribution in [3.05, 3.63) is 68.7 Å². The Morgan fingerprint density at radius 1 is 1.12 bits per heavy atom. The first-order valence-corrected chi connectivity index (χ1v) is 10.3. The molecule has 1 N–H and O–H groups in total. The number of hydrogen-bond donors (Lipinski definition) is 1. The van der Waals surface area contributed by atoms with Gasteiger partial charge in [-0.15, -0.1) is 11.3 Å². The normalized spacial score (nSPS) is 23.1. The van der Waals surface area contributed by atoms with Gasteiger partial charge < -0.3 is 5.32 Å². The van der Waals surface area contributed by atoms with Crippen molar-refractivity contribution in [3.63, 3.8) is 0 Å². The highest BCUT2D eigenvalue weighted by atomic mass is 32.1. The number of fused-ring (bicyclic) bond motifs is 1. The third-order valence-corrected chi connectivity index (χ3v) is 6.45. The zero-order valence-corrected chi connectivity index (χ0v) is 15.3. The van der Waals surface area contributed by atoms with Crippen molar-refractivity contribution < 1.29 is 0 Å². The smallest absolute Gasteiger partial charge is 0.136 e. The second-order valence-electron chi connectivity index (χ2n) is 6.33. The van der Waals surface area contributed by atoms with Crippen LogP contribution in [0.2, 0.25) is 0 Å². The van der Waals surface area contributed by atoms with E-state index in [1.165, 1.54) is 16.9 Å². The van der Waals surface area contributed by atoms with Crippen molar-refractivity contribution >= 4 is 34.2 Å². The Hall–Kier alpha value is -2.02.